The number of aromatic nitrogens is 1. The smallest absolute Gasteiger partial charge is 0.0483 e. The van der Waals surface area contributed by atoms with Gasteiger partial charge in [-0.3, -0.25) is 0 Å². The lowest BCUT2D eigenvalue weighted by molar-refractivity contribution is 0.647. The molecule has 1 aromatic carbocycles. The zero-order chi connectivity index (χ0) is 14.5. The van der Waals surface area contributed by atoms with Gasteiger partial charge in [0.05, 0.1) is 0 Å². The molecule has 110 valence electrons. The van der Waals surface area contributed by atoms with Crippen molar-refractivity contribution < 1.29 is 0 Å². The summed E-state index contributed by atoms with van der Waals surface area (Å²) in [7, 11) is 0. The summed E-state index contributed by atoms with van der Waals surface area (Å²) in [5.74, 6) is 0.584. The second-order valence-electron chi connectivity index (χ2n) is 6.02. The highest BCUT2D eigenvalue weighted by atomic mass is 15.0. The molecule has 0 saturated heterocycles. The first-order valence-corrected chi connectivity index (χ1v) is 7.99. The average molecular weight is 272 g/mol. The van der Waals surface area contributed by atoms with Crippen LogP contribution in [0.2, 0.25) is 0 Å². The average Bonchev–Trinajstić information content (AvgIpc) is 2.80. The van der Waals surface area contributed by atoms with E-state index in [-0.39, 0.29) is 0 Å². The lowest BCUT2D eigenvalue weighted by atomic mass is 9.99. The van der Waals surface area contributed by atoms with E-state index in [4.69, 9.17) is 5.73 Å². The molecular weight excluding hydrogens is 244 g/mol. The first-order valence-electron chi connectivity index (χ1n) is 7.99. The number of hydrogen-bond acceptors (Lipinski definition) is 1. The van der Waals surface area contributed by atoms with Gasteiger partial charge < -0.3 is 10.3 Å². The molecule has 1 heterocycles. The maximum atomic E-state index is 5.68. The molecule has 20 heavy (non-hydrogen) atoms. The summed E-state index contributed by atoms with van der Waals surface area (Å²) in [6.07, 6.45) is 6.99. The Labute approximate surface area is 123 Å². The first-order chi connectivity index (χ1) is 9.67. The highest BCUT2D eigenvalue weighted by Gasteiger charge is 2.10. The number of nitrogens with two attached hydrogens (primary N) is 1. The predicted octanol–water partition coefficient (Wildman–Crippen LogP) is 4.46. The van der Waals surface area contributed by atoms with Crippen LogP contribution in [0.15, 0.2) is 24.4 Å². The quantitative estimate of drug-likeness (QED) is 0.793. The summed E-state index contributed by atoms with van der Waals surface area (Å²) in [5.41, 5.74) is 9.96. The Morgan fingerprint density at radius 1 is 1.20 bits per heavy atom. The van der Waals surface area contributed by atoms with E-state index in [0.29, 0.717) is 5.92 Å². The van der Waals surface area contributed by atoms with E-state index < -0.39 is 0 Å². The maximum absolute atomic E-state index is 5.68. The van der Waals surface area contributed by atoms with E-state index in [0.717, 1.165) is 25.9 Å². The highest BCUT2D eigenvalue weighted by Crippen LogP contribution is 2.27. The van der Waals surface area contributed by atoms with Gasteiger partial charge in [0, 0.05) is 23.6 Å². The number of benzene rings is 1. The molecule has 0 aliphatic carbocycles. The fourth-order valence-electron chi connectivity index (χ4n) is 2.75. The van der Waals surface area contributed by atoms with Crippen LogP contribution in [-0.4, -0.2) is 11.1 Å². The van der Waals surface area contributed by atoms with Gasteiger partial charge in [0.15, 0.2) is 0 Å². The Bertz CT molecular complexity index is 552. The summed E-state index contributed by atoms with van der Waals surface area (Å²) >= 11 is 0. The first kappa shape index (κ1) is 15.1. The van der Waals surface area contributed by atoms with Crippen molar-refractivity contribution in [3.05, 3.63) is 35.5 Å². The minimum Gasteiger partial charge on any atom is -0.347 e. The second kappa shape index (κ2) is 6.94. The lowest BCUT2D eigenvalue weighted by Crippen LogP contribution is -2.00. The largest absolute Gasteiger partial charge is 0.347 e. The van der Waals surface area contributed by atoms with Gasteiger partial charge in [-0.1, -0.05) is 33.3 Å². The van der Waals surface area contributed by atoms with Crippen LogP contribution in [0.3, 0.4) is 0 Å². The highest BCUT2D eigenvalue weighted by molar-refractivity contribution is 5.85. The molecule has 2 N–H and O–H groups in total. The Balaban J connectivity index is 2.43. The van der Waals surface area contributed by atoms with Crippen molar-refractivity contribution in [2.45, 2.75) is 58.9 Å². The van der Waals surface area contributed by atoms with Gasteiger partial charge in [-0.15, -0.1) is 0 Å². The molecule has 0 aliphatic rings. The van der Waals surface area contributed by atoms with Crippen molar-refractivity contribution in [2.75, 3.05) is 6.54 Å². The normalized spacial score (nSPS) is 11.7. The SMILES string of the molecule is CCCCn1cc(CCCN)c2cc(C(C)C)ccc21. The van der Waals surface area contributed by atoms with Crippen LogP contribution in [0.5, 0.6) is 0 Å². The second-order valence-corrected chi connectivity index (χ2v) is 6.02. The van der Waals surface area contributed by atoms with Gasteiger partial charge >= 0.3 is 0 Å². The van der Waals surface area contributed by atoms with Crippen molar-refractivity contribution in [2.24, 2.45) is 5.73 Å². The zero-order valence-electron chi connectivity index (χ0n) is 13.2. The maximum Gasteiger partial charge on any atom is 0.0483 e. The molecule has 0 bridgehead atoms. The third-order valence-electron chi connectivity index (χ3n) is 4.06. The molecule has 0 radical (unpaired) electrons. The molecule has 0 unspecified atom stereocenters. The summed E-state index contributed by atoms with van der Waals surface area (Å²) in [6.45, 7) is 8.66. The van der Waals surface area contributed by atoms with Gasteiger partial charge in [0.25, 0.3) is 0 Å². The Kier molecular flexibility index (Phi) is 5.24. The standard InChI is InChI=1S/C18H28N2/c1-4-5-11-20-13-16(7-6-10-19)17-12-15(14(2)3)8-9-18(17)20/h8-9,12-14H,4-7,10-11,19H2,1-3H3. The van der Waals surface area contributed by atoms with Crippen molar-refractivity contribution in [1.82, 2.24) is 4.57 Å². The molecule has 0 saturated carbocycles. The molecule has 0 aliphatic heterocycles. The van der Waals surface area contributed by atoms with E-state index >= 15 is 0 Å². The molecule has 0 atom stereocenters. The van der Waals surface area contributed by atoms with Crippen LogP contribution >= 0.6 is 0 Å². The molecule has 1 aromatic heterocycles. The third kappa shape index (κ3) is 3.24. The monoisotopic (exact) mass is 272 g/mol. The topological polar surface area (TPSA) is 30.9 Å². The van der Waals surface area contributed by atoms with E-state index in [9.17, 15) is 0 Å². The molecule has 0 spiro atoms. The number of nitrogens with zero attached hydrogens (tertiary/aromatic N) is 1. The summed E-state index contributed by atoms with van der Waals surface area (Å²) in [5, 5.41) is 1.43. The molecule has 2 aromatic rings. The van der Waals surface area contributed by atoms with Crippen molar-refractivity contribution >= 4 is 10.9 Å². The van der Waals surface area contributed by atoms with Gasteiger partial charge in [-0.05, 0) is 55.0 Å². The predicted molar refractivity (Wildman–Crippen MR) is 88.3 cm³/mol. The summed E-state index contributed by atoms with van der Waals surface area (Å²) in [6, 6.07) is 6.96. The van der Waals surface area contributed by atoms with Crippen LogP contribution in [0.25, 0.3) is 10.9 Å². The van der Waals surface area contributed by atoms with E-state index in [1.165, 1.54) is 34.9 Å². The van der Waals surface area contributed by atoms with E-state index in [1.54, 1.807) is 0 Å². The number of fused-ring (bicyclic) bond motifs is 1. The van der Waals surface area contributed by atoms with Gasteiger partial charge in [0.2, 0.25) is 0 Å². The minimum absolute atomic E-state index is 0.584. The van der Waals surface area contributed by atoms with Crippen LogP contribution in [0.1, 0.15) is 57.1 Å². The Morgan fingerprint density at radius 3 is 2.65 bits per heavy atom. The number of rotatable bonds is 7. The van der Waals surface area contributed by atoms with Crippen LogP contribution < -0.4 is 5.73 Å². The van der Waals surface area contributed by atoms with Crippen LogP contribution in [0, 0.1) is 0 Å². The van der Waals surface area contributed by atoms with Gasteiger partial charge in [-0.25, -0.2) is 0 Å². The Hall–Kier alpha value is -1.28. The molecule has 2 heteroatoms. The lowest BCUT2D eigenvalue weighted by Gasteiger charge is -2.08. The number of aryl methyl sites for hydroxylation is 2. The molecule has 0 fully saturated rings. The summed E-state index contributed by atoms with van der Waals surface area (Å²) in [4.78, 5) is 0. The number of unbranched alkanes of at least 4 members (excludes halogenated alkanes) is 1. The molecular formula is C18H28N2. The Morgan fingerprint density at radius 2 is 2.00 bits per heavy atom. The van der Waals surface area contributed by atoms with E-state index in [1.807, 2.05) is 0 Å². The zero-order valence-corrected chi connectivity index (χ0v) is 13.2. The number of hydrogen-bond donors (Lipinski definition) is 1. The fraction of sp³-hybridized carbons (Fsp3) is 0.556. The molecule has 2 rings (SSSR count). The third-order valence-corrected chi connectivity index (χ3v) is 4.06. The van der Waals surface area contributed by atoms with Crippen LogP contribution in [0.4, 0.5) is 0 Å². The van der Waals surface area contributed by atoms with Crippen LogP contribution in [-0.2, 0) is 13.0 Å². The van der Waals surface area contributed by atoms with Gasteiger partial charge in [0.1, 0.15) is 0 Å². The minimum atomic E-state index is 0.584. The van der Waals surface area contributed by atoms with E-state index in [2.05, 4.69) is 49.7 Å². The summed E-state index contributed by atoms with van der Waals surface area (Å²) < 4.78 is 2.43. The fourth-order valence-corrected chi connectivity index (χ4v) is 2.75. The van der Waals surface area contributed by atoms with Crippen molar-refractivity contribution in [3.8, 4) is 0 Å². The molecule has 0 amide bonds. The van der Waals surface area contributed by atoms with Gasteiger partial charge in [-0.2, -0.15) is 0 Å². The van der Waals surface area contributed by atoms with Crippen molar-refractivity contribution in [3.63, 3.8) is 0 Å². The molecule has 2 nitrogen and oxygen atoms in total. The van der Waals surface area contributed by atoms with Crippen molar-refractivity contribution in [1.29, 1.82) is 0 Å².